The molecule has 0 saturated heterocycles. The van der Waals surface area contributed by atoms with Crippen LogP contribution in [-0.4, -0.2) is 34.5 Å². The van der Waals surface area contributed by atoms with Crippen LogP contribution in [0.1, 0.15) is 29.8 Å². The van der Waals surface area contributed by atoms with Gasteiger partial charge < -0.3 is 19.7 Å². The Kier molecular flexibility index (Phi) is 6.65. The van der Waals surface area contributed by atoms with Gasteiger partial charge >= 0.3 is 5.97 Å². The number of fused-ring (bicyclic) bond motifs is 1. The molecule has 0 spiro atoms. The van der Waals surface area contributed by atoms with Crippen LogP contribution in [0.25, 0.3) is 22.0 Å². The molecule has 1 aliphatic rings. The van der Waals surface area contributed by atoms with Crippen molar-refractivity contribution in [2.24, 2.45) is 17.0 Å². The summed E-state index contributed by atoms with van der Waals surface area (Å²) >= 11 is 12.9. The number of carbonyl (C=O) groups is 1. The van der Waals surface area contributed by atoms with Crippen LogP contribution >= 0.6 is 23.2 Å². The number of hydrogen-bond donors (Lipinski definition) is 2. The molecule has 0 radical (unpaired) electrons. The molecule has 6 nitrogen and oxygen atoms in total. The molecular formula is C28H24Cl2N2O4. The number of aromatic nitrogens is 1. The number of aromatic amines is 1. The first-order valence-electron chi connectivity index (χ1n) is 11.6. The average Bonchev–Trinajstić information content (AvgIpc) is 3.47. The first-order chi connectivity index (χ1) is 17.3. The molecule has 0 bridgehead atoms. The van der Waals surface area contributed by atoms with Gasteiger partial charge in [-0.2, -0.15) is 0 Å². The summed E-state index contributed by atoms with van der Waals surface area (Å²) in [6.45, 7) is 4.52. The Morgan fingerprint density at radius 2 is 1.78 bits per heavy atom. The number of hydrogen-bond acceptors (Lipinski definition) is 4. The van der Waals surface area contributed by atoms with Gasteiger partial charge in [0.15, 0.2) is 0 Å². The highest BCUT2D eigenvalue weighted by Crippen LogP contribution is 2.35. The molecule has 1 aromatic heterocycles. The number of ether oxygens (including phenoxy) is 1. The summed E-state index contributed by atoms with van der Waals surface area (Å²) in [6, 6.07) is 18.8. The van der Waals surface area contributed by atoms with E-state index in [9.17, 15) is 9.90 Å². The number of carboxylic acids is 1. The van der Waals surface area contributed by atoms with Gasteiger partial charge in [-0.05, 0) is 47.4 Å². The fourth-order valence-electron chi connectivity index (χ4n) is 4.56. The second-order valence-electron chi connectivity index (χ2n) is 9.10. The number of nitrogens with one attached hydrogen (secondary N) is 1. The van der Waals surface area contributed by atoms with Gasteiger partial charge in [0.1, 0.15) is 24.2 Å². The van der Waals surface area contributed by atoms with Gasteiger partial charge in [0, 0.05) is 22.7 Å². The maximum Gasteiger partial charge on any atom is 0.337 e. The van der Waals surface area contributed by atoms with E-state index in [2.05, 4.69) is 24.0 Å². The summed E-state index contributed by atoms with van der Waals surface area (Å²) in [4.78, 5) is 20.2. The zero-order chi connectivity index (χ0) is 25.4. The van der Waals surface area contributed by atoms with E-state index in [1.807, 2.05) is 42.5 Å². The molecule has 5 rings (SSSR count). The molecule has 0 saturated carbocycles. The van der Waals surface area contributed by atoms with Crippen LogP contribution in [0.15, 0.2) is 72.0 Å². The molecular weight excluding hydrogens is 499 g/mol. The van der Waals surface area contributed by atoms with Crippen LogP contribution in [0, 0.1) is 11.8 Å². The van der Waals surface area contributed by atoms with E-state index in [1.54, 1.807) is 18.2 Å². The van der Waals surface area contributed by atoms with Crippen molar-refractivity contribution in [2.45, 2.75) is 20.0 Å². The summed E-state index contributed by atoms with van der Waals surface area (Å²) in [5.41, 5.74) is 4.37. The lowest BCUT2D eigenvalue weighted by Crippen LogP contribution is -2.33. The quantitative estimate of drug-likeness (QED) is 0.266. The Morgan fingerprint density at radius 3 is 2.44 bits per heavy atom. The minimum Gasteiger partial charge on any atom is -0.493 e. The van der Waals surface area contributed by atoms with Crippen LogP contribution in [-0.2, 0) is 4.84 Å². The highest BCUT2D eigenvalue weighted by molar-refractivity contribution is 6.40. The van der Waals surface area contributed by atoms with Crippen molar-refractivity contribution < 1.29 is 19.5 Å². The van der Waals surface area contributed by atoms with Gasteiger partial charge in [0.05, 0.1) is 21.5 Å². The number of halogens is 2. The standard InChI is InChI=1S/C28H24Cl2N2O4/c1-15(2)27-21(26(32-36-27)25-22(29)4-3-5-23(25)30)14-35-18-9-6-16(7-10-18)17-8-11-19-20(28(33)34)13-31-24(19)12-17/h3-13,15,21,27,31H,14H2,1-2H3,(H,33,34). The van der Waals surface area contributed by atoms with Crippen LogP contribution in [0.5, 0.6) is 5.75 Å². The molecule has 8 heteroatoms. The summed E-state index contributed by atoms with van der Waals surface area (Å²) in [7, 11) is 0. The maximum absolute atomic E-state index is 11.4. The summed E-state index contributed by atoms with van der Waals surface area (Å²) in [5.74, 6) is -0.159. The number of oxime groups is 1. The maximum atomic E-state index is 11.4. The smallest absolute Gasteiger partial charge is 0.337 e. The predicted octanol–water partition coefficient (Wildman–Crippen LogP) is 7.29. The summed E-state index contributed by atoms with van der Waals surface area (Å²) in [6.07, 6.45) is 1.35. The Labute approximate surface area is 218 Å². The number of H-pyrrole nitrogens is 1. The molecule has 2 heterocycles. The normalized spacial score (nSPS) is 17.3. The van der Waals surface area contributed by atoms with Crippen molar-refractivity contribution in [3.05, 3.63) is 88.0 Å². The van der Waals surface area contributed by atoms with E-state index >= 15 is 0 Å². The van der Waals surface area contributed by atoms with Gasteiger partial charge in [-0.15, -0.1) is 0 Å². The van der Waals surface area contributed by atoms with Crippen molar-refractivity contribution in [1.82, 2.24) is 4.98 Å². The molecule has 2 N–H and O–H groups in total. The lowest BCUT2D eigenvalue weighted by molar-refractivity contribution is 0.0178. The van der Waals surface area contributed by atoms with Gasteiger partial charge in [-0.1, -0.05) is 72.5 Å². The van der Waals surface area contributed by atoms with Crippen LogP contribution in [0.4, 0.5) is 0 Å². The SMILES string of the molecule is CC(C)C1ON=C(c2c(Cl)cccc2Cl)C1COc1ccc(-c2ccc3c(C(=O)O)c[nH]c3c2)cc1. The zero-order valence-electron chi connectivity index (χ0n) is 19.7. The molecule has 184 valence electrons. The number of rotatable bonds is 7. The highest BCUT2D eigenvalue weighted by atomic mass is 35.5. The minimum atomic E-state index is -0.951. The topological polar surface area (TPSA) is 83.9 Å². The number of aromatic carboxylic acids is 1. The Bertz CT molecular complexity index is 1440. The van der Waals surface area contributed by atoms with E-state index < -0.39 is 5.97 Å². The Hall–Kier alpha value is -3.48. The molecule has 1 aliphatic heterocycles. The third-order valence-electron chi connectivity index (χ3n) is 6.43. The van der Waals surface area contributed by atoms with Crippen molar-refractivity contribution in [3.63, 3.8) is 0 Å². The molecule has 0 amide bonds. The fourth-order valence-corrected chi connectivity index (χ4v) is 5.15. The van der Waals surface area contributed by atoms with Crippen LogP contribution in [0.2, 0.25) is 10.0 Å². The van der Waals surface area contributed by atoms with E-state index in [1.165, 1.54) is 6.20 Å². The van der Waals surface area contributed by atoms with Gasteiger partial charge in [0.2, 0.25) is 0 Å². The van der Waals surface area contributed by atoms with E-state index in [-0.39, 0.29) is 23.5 Å². The molecule has 0 fully saturated rings. The molecule has 2 atom stereocenters. The number of nitrogens with zero attached hydrogens (tertiary/aromatic N) is 1. The first-order valence-corrected chi connectivity index (χ1v) is 12.3. The van der Waals surface area contributed by atoms with Crippen LogP contribution < -0.4 is 4.74 Å². The predicted molar refractivity (Wildman–Crippen MR) is 142 cm³/mol. The molecule has 3 aromatic carbocycles. The van der Waals surface area contributed by atoms with Crippen molar-refractivity contribution in [2.75, 3.05) is 6.61 Å². The average molecular weight is 523 g/mol. The van der Waals surface area contributed by atoms with Crippen LogP contribution in [0.3, 0.4) is 0 Å². The van der Waals surface area contributed by atoms with Crippen molar-refractivity contribution in [3.8, 4) is 16.9 Å². The first kappa shape index (κ1) is 24.2. The number of carboxylic acid groups (broad SMARTS) is 1. The lowest BCUT2D eigenvalue weighted by Gasteiger charge is -2.23. The molecule has 0 aliphatic carbocycles. The second-order valence-corrected chi connectivity index (χ2v) is 9.91. The number of benzene rings is 3. The van der Waals surface area contributed by atoms with Crippen molar-refractivity contribution >= 4 is 45.8 Å². The minimum absolute atomic E-state index is 0.138. The monoisotopic (exact) mass is 522 g/mol. The third kappa shape index (κ3) is 4.54. The van der Waals surface area contributed by atoms with E-state index in [4.69, 9.17) is 32.8 Å². The molecule has 4 aromatic rings. The summed E-state index contributed by atoms with van der Waals surface area (Å²) < 4.78 is 6.17. The van der Waals surface area contributed by atoms with Gasteiger partial charge in [-0.3, -0.25) is 0 Å². The lowest BCUT2D eigenvalue weighted by atomic mass is 9.87. The molecule has 36 heavy (non-hydrogen) atoms. The molecule has 2 unspecified atom stereocenters. The van der Waals surface area contributed by atoms with Gasteiger partial charge in [-0.25, -0.2) is 4.79 Å². The van der Waals surface area contributed by atoms with E-state index in [0.717, 1.165) is 16.6 Å². The third-order valence-corrected chi connectivity index (χ3v) is 7.06. The fraction of sp³-hybridized carbons (Fsp3) is 0.214. The van der Waals surface area contributed by atoms with Gasteiger partial charge in [0.25, 0.3) is 0 Å². The largest absolute Gasteiger partial charge is 0.493 e. The highest BCUT2D eigenvalue weighted by Gasteiger charge is 2.39. The Morgan fingerprint density at radius 1 is 1.08 bits per heavy atom. The van der Waals surface area contributed by atoms with Crippen molar-refractivity contribution in [1.29, 1.82) is 0 Å². The van der Waals surface area contributed by atoms with E-state index in [0.29, 0.717) is 39.1 Å². The second kappa shape index (κ2) is 9.88. The Balaban J connectivity index is 1.34. The zero-order valence-corrected chi connectivity index (χ0v) is 21.2. The summed E-state index contributed by atoms with van der Waals surface area (Å²) in [5, 5.41) is 15.4.